The monoisotopic (exact) mass is 320 g/mol. The van der Waals surface area contributed by atoms with Gasteiger partial charge in [0, 0.05) is 29.3 Å². The van der Waals surface area contributed by atoms with Gasteiger partial charge in [-0.25, -0.2) is 9.97 Å². The minimum Gasteiger partial charge on any atom is -0.491 e. The van der Waals surface area contributed by atoms with Crippen molar-refractivity contribution in [2.24, 2.45) is 0 Å². The van der Waals surface area contributed by atoms with Gasteiger partial charge in [0.25, 0.3) is 5.91 Å². The summed E-state index contributed by atoms with van der Waals surface area (Å²) in [7, 11) is 0. The molecule has 6 heteroatoms. The van der Waals surface area contributed by atoms with E-state index in [1.165, 1.54) is 12.8 Å². The van der Waals surface area contributed by atoms with Gasteiger partial charge < -0.3 is 15.0 Å². The molecule has 3 aromatic rings. The quantitative estimate of drug-likeness (QED) is 0.760. The number of aromatic amines is 1. The molecule has 120 valence electrons. The molecule has 5 rings (SSSR count). The third kappa shape index (κ3) is 2.14. The number of benzene rings is 1. The molecule has 3 heterocycles. The van der Waals surface area contributed by atoms with Gasteiger partial charge in [0.2, 0.25) is 0 Å². The average Bonchev–Trinajstić information content (AvgIpc) is 3.39. The predicted octanol–water partition coefficient (Wildman–Crippen LogP) is 2.62. The fourth-order valence-electron chi connectivity index (χ4n) is 3.12. The zero-order chi connectivity index (χ0) is 16.1. The maximum Gasteiger partial charge on any atom is 0.255 e. The molecule has 0 atom stereocenters. The first-order valence-corrected chi connectivity index (χ1v) is 8.19. The van der Waals surface area contributed by atoms with Gasteiger partial charge in [-0.1, -0.05) is 6.07 Å². The highest BCUT2D eigenvalue weighted by molar-refractivity contribution is 5.99. The zero-order valence-electron chi connectivity index (χ0n) is 13.0. The fraction of sp³-hybridized carbons (Fsp3) is 0.278. The Morgan fingerprint density at radius 3 is 3.00 bits per heavy atom. The predicted molar refractivity (Wildman–Crippen MR) is 89.1 cm³/mol. The molecule has 0 bridgehead atoms. The lowest BCUT2D eigenvalue weighted by Crippen LogP contribution is -2.24. The number of fused-ring (bicyclic) bond motifs is 2. The SMILES string of the molecule is O=C1NCCOc2cc(-c3c[nH]c4nc(C5CC5)ncc34)ccc21. The van der Waals surface area contributed by atoms with Crippen molar-refractivity contribution in [1.82, 2.24) is 20.3 Å². The second kappa shape index (κ2) is 5.06. The molecule has 1 aromatic carbocycles. The van der Waals surface area contributed by atoms with Crippen molar-refractivity contribution < 1.29 is 9.53 Å². The number of carbonyl (C=O) groups is 1. The van der Waals surface area contributed by atoms with E-state index in [1.807, 2.05) is 30.6 Å². The van der Waals surface area contributed by atoms with Crippen LogP contribution in [-0.4, -0.2) is 34.0 Å². The highest BCUT2D eigenvalue weighted by Crippen LogP contribution is 2.39. The zero-order valence-corrected chi connectivity index (χ0v) is 13.0. The molecule has 6 nitrogen and oxygen atoms in total. The Labute approximate surface area is 138 Å². The van der Waals surface area contributed by atoms with Crippen LogP contribution in [0.1, 0.15) is 34.9 Å². The van der Waals surface area contributed by atoms with E-state index in [2.05, 4.69) is 20.3 Å². The smallest absolute Gasteiger partial charge is 0.255 e. The van der Waals surface area contributed by atoms with E-state index in [-0.39, 0.29) is 5.91 Å². The number of amides is 1. The molecule has 1 aliphatic heterocycles. The summed E-state index contributed by atoms with van der Waals surface area (Å²) in [4.78, 5) is 24.4. The molecule has 2 N–H and O–H groups in total. The molecule has 0 unspecified atom stereocenters. The van der Waals surface area contributed by atoms with Crippen LogP contribution in [-0.2, 0) is 0 Å². The van der Waals surface area contributed by atoms with E-state index in [4.69, 9.17) is 4.74 Å². The lowest BCUT2D eigenvalue weighted by atomic mass is 10.0. The highest BCUT2D eigenvalue weighted by Gasteiger charge is 2.27. The Morgan fingerprint density at radius 2 is 2.12 bits per heavy atom. The second-order valence-corrected chi connectivity index (χ2v) is 6.28. The third-order valence-corrected chi connectivity index (χ3v) is 4.58. The van der Waals surface area contributed by atoms with Gasteiger partial charge in [0.15, 0.2) is 0 Å². The number of ether oxygens (including phenoxy) is 1. The number of rotatable bonds is 2. The van der Waals surface area contributed by atoms with Crippen LogP contribution in [0.4, 0.5) is 0 Å². The van der Waals surface area contributed by atoms with Crippen LogP contribution >= 0.6 is 0 Å². The number of hydrogen-bond donors (Lipinski definition) is 2. The normalized spacial score (nSPS) is 17.1. The summed E-state index contributed by atoms with van der Waals surface area (Å²) in [6, 6.07) is 5.66. The highest BCUT2D eigenvalue weighted by atomic mass is 16.5. The molecule has 24 heavy (non-hydrogen) atoms. The van der Waals surface area contributed by atoms with Crippen molar-refractivity contribution in [3.63, 3.8) is 0 Å². The van der Waals surface area contributed by atoms with Crippen molar-refractivity contribution in [2.75, 3.05) is 13.2 Å². The number of carbonyl (C=O) groups excluding carboxylic acids is 1. The van der Waals surface area contributed by atoms with E-state index in [9.17, 15) is 4.79 Å². The van der Waals surface area contributed by atoms with Crippen molar-refractivity contribution in [1.29, 1.82) is 0 Å². The fourth-order valence-corrected chi connectivity index (χ4v) is 3.12. The standard InChI is InChI=1S/C18H16N4O2/c23-18-12-4-3-11(7-15(12)24-6-5-19-18)13-8-21-17-14(13)9-20-16(22-17)10-1-2-10/h3-4,7-10H,1-2,5-6H2,(H,19,23)(H,20,21,22). The van der Waals surface area contributed by atoms with Crippen molar-refractivity contribution >= 4 is 16.9 Å². The molecular formula is C18H16N4O2. The summed E-state index contributed by atoms with van der Waals surface area (Å²) in [5, 5.41) is 3.80. The summed E-state index contributed by atoms with van der Waals surface area (Å²) in [6.07, 6.45) is 6.20. The van der Waals surface area contributed by atoms with Crippen LogP contribution in [0.2, 0.25) is 0 Å². The van der Waals surface area contributed by atoms with E-state index in [0.29, 0.717) is 30.4 Å². The van der Waals surface area contributed by atoms with Gasteiger partial charge in [0.05, 0.1) is 12.1 Å². The Kier molecular flexibility index (Phi) is 2.85. The van der Waals surface area contributed by atoms with E-state index >= 15 is 0 Å². The molecule has 1 aliphatic carbocycles. The van der Waals surface area contributed by atoms with Gasteiger partial charge in [0.1, 0.15) is 23.8 Å². The molecule has 0 spiro atoms. The molecule has 1 fully saturated rings. The summed E-state index contributed by atoms with van der Waals surface area (Å²) in [6.45, 7) is 0.998. The first-order chi connectivity index (χ1) is 11.8. The first kappa shape index (κ1) is 13.5. The van der Waals surface area contributed by atoms with Gasteiger partial charge in [-0.05, 0) is 30.5 Å². The van der Waals surface area contributed by atoms with Crippen LogP contribution in [0.3, 0.4) is 0 Å². The maximum absolute atomic E-state index is 12.0. The lowest BCUT2D eigenvalue weighted by Gasteiger charge is -2.08. The number of aromatic nitrogens is 3. The summed E-state index contributed by atoms with van der Waals surface area (Å²) in [5.74, 6) is 1.98. The Morgan fingerprint density at radius 1 is 1.21 bits per heavy atom. The summed E-state index contributed by atoms with van der Waals surface area (Å²) in [5.41, 5.74) is 3.43. The van der Waals surface area contributed by atoms with Gasteiger partial charge in [-0.2, -0.15) is 0 Å². The van der Waals surface area contributed by atoms with E-state index in [1.54, 1.807) is 0 Å². The third-order valence-electron chi connectivity index (χ3n) is 4.58. The van der Waals surface area contributed by atoms with Gasteiger partial charge in [-0.3, -0.25) is 4.79 Å². The average molecular weight is 320 g/mol. The lowest BCUT2D eigenvalue weighted by molar-refractivity contribution is 0.0957. The number of H-pyrrole nitrogens is 1. The first-order valence-electron chi connectivity index (χ1n) is 8.19. The largest absolute Gasteiger partial charge is 0.491 e. The van der Waals surface area contributed by atoms with E-state index in [0.717, 1.165) is 28.0 Å². The van der Waals surface area contributed by atoms with Gasteiger partial charge in [-0.15, -0.1) is 0 Å². The number of nitrogens with zero attached hydrogens (tertiary/aromatic N) is 2. The van der Waals surface area contributed by atoms with E-state index < -0.39 is 0 Å². The number of hydrogen-bond acceptors (Lipinski definition) is 4. The molecule has 1 saturated carbocycles. The minimum absolute atomic E-state index is 0.0922. The van der Waals surface area contributed by atoms with Crippen LogP contribution in [0.25, 0.3) is 22.2 Å². The van der Waals surface area contributed by atoms with Crippen LogP contribution < -0.4 is 10.1 Å². The molecule has 0 saturated heterocycles. The molecule has 0 radical (unpaired) electrons. The molecule has 2 aromatic heterocycles. The van der Waals surface area contributed by atoms with Crippen LogP contribution in [0.5, 0.6) is 5.75 Å². The van der Waals surface area contributed by atoms with Crippen LogP contribution in [0, 0.1) is 0 Å². The second-order valence-electron chi connectivity index (χ2n) is 6.28. The minimum atomic E-state index is -0.0922. The molecular weight excluding hydrogens is 304 g/mol. The Balaban J connectivity index is 1.60. The Bertz CT molecular complexity index is 959. The van der Waals surface area contributed by atoms with Crippen molar-refractivity contribution in [2.45, 2.75) is 18.8 Å². The maximum atomic E-state index is 12.0. The molecule has 2 aliphatic rings. The topological polar surface area (TPSA) is 79.9 Å². The van der Waals surface area contributed by atoms with Crippen molar-refractivity contribution in [3.8, 4) is 16.9 Å². The Hall–Kier alpha value is -2.89. The summed E-state index contributed by atoms with van der Waals surface area (Å²) >= 11 is 0. The van der Waals surface area contributed by atoms with Gasteiger partial charge >= 0.3 is 0 Å². The summed E-state index contributed by atoms with van der Waals surface area (Å²) < 4.78 is 5.70. The number of nitrogens with one attached hydrogen (secondary N) is 2. The van der Waals surface area contributed by atoms with Crippen LogP contribution in [0.15, 0.2) is 30.6 Å². The molecule has 1 amide bonds. The van der Waals surface area contributed by atoms with Crippen molar-refractivity contribution in [3.05, 3.63) is 42.0 Å².